The third-order valence-corrected chi connectivity index (χ3v) is 4.25. The van der Waals surface area contributed by atoms with Crippen LogP contribution < -0.4 is 5.73 Å². The highest BCUT2D eigenvalue weighted by molar-refractivity contribution is 7.16. The fraction of sp³-hybridized carbons (Fsp3) is 0.417. The molecule has 1 aliphatic carbocycles. The summed E-state index contributed by atoms with van der Waals surface area (Å²) in [5, 5.41) is 7.42. The minimum atomic E-state index is -0.494. The molecule has 0 fully saturated rings. The van der Waals surface area contributed by atoms with Gasteiger partial charge in [-0.15, -0.1) is 11.3 Å². The van der Waals surface area contributed by atoms with Crippen molar-refractivity contribution in [3.05, 3.63) is 16.3 Å². The van der Waals surface area contributed by atoms with Gasteiger partial charge in [0.05, 0.1) is 17.2 Å². The largest absolute Gasteiger partial charge is 0.460 e. The highest BCUT2D eigenvalue weighted by Gasteiger charge is 2.25. The first kappa shape index (κ1) is 12.2. The molecule has 0 saturated heterocycles. The van der Waals surface area contributed by atoms with E-state index in [-0.39, 0.29) is 5.82 Å². The second-order valence-electron chi connectivity index (χ2n) is 4.32. The number of rotatable bonds is 3. The summed E-state index contributed by atoms with van der Waals surface area (Å²) in [4.78, 5) is 17.1. The molecule has 3 N–H and O–H groups in total. The van der Waals surface area contributed by atoms with Gasteiger partial charge < -0.3 is 10.5 Å². The number of nitrogens with zero attached hydrogens (tertiary/aromatic N) is 2. The van der Waals surface area contributed by atoms with Gasteiger partial charge in [-0.25, -0.2) is 9.78 Å². The summed E-state index contributed by atoms with van der Waals surface area (Å²) < 4.78 is 4.88. The number of carbonyl (C=O) groups is 1. The summed E-state index contributed by atoms with van der Waals surface area (Å²) in [6, 6.07) is 0. The molecule has 0 amide bonds. The molecule has 6 nitrogen and oxygen atoms in total. The maximum absolute atomic E-state index is 11.6. The third kappa shape index (κ3) is 1.99. The number of hydrogen-bond donors (Lipinski definition) is 2. The van der Waals surface area contributed by atoms with Gasteiger partial charge in [0.1, 0.15) is 0 Å². The van der Waals surface area contributed by atoms with E-state index in [1.807, 2.05) is 0 Å². The number of aryl methyl sites for hydroxylation is 1. The van der Waals surface area contributed by atoms with E-state index in [0.29, 0.717) is 12.4 Å². The average Bonchev–Trinajstić information content (AvgIpc) is 3.04. The zero-order valence-electron chi connectivity index (χ0n) is 10.5. The molecular formula is C12H14N4O2S. The van der Waals surface area contributed by atoms with Crippen molar-refractivity contribution in [3.63, 3.8) is 0 Å². The van der Waals surface area contributed by atoms with Crippen LogP contribution in [0, 0.1) is 0 Å². The number of nitrogen functional groups attached to an aromatic ring is 1. The Balaban J connectivity index is 1.97. The Bertz CT molecular complexity index is 632. The van der Waals surface area contributed by atoms with Crippen LogP contribution in [0.4, 0.5) is 5.00 Å². The van der Waals surface area contributed by atoms with Gasteiger partial charge in [0, 0.05) is 4.88 Å². The van der Waals surface area contributed by atoms with Crippen LogP contribution in [0.25, 0.3) is 11.4 Å². The van der Waals surface area contributed by atoms with Gasteiger partial charge in [-0.3, -0.25) is 5.10 Å². The number of thiophene rings is 1. The van der Waals surface area contributed by atoms with Gasteiger partial charge in [0.25, 0.3) is 0 Å². The Morgan fingerprint density at radius 3 is 3.16 bits per heavy atom. The lowest BCUT2D eigenvalue weighted by Gasteiger charge is -1.97. The minimum absolute atomic E-state index is 0.120. The second kappa shape index (κ2) is 4.65. The van der Waals surface area contributed by atoms with Gasteiger partial charge in [-0.05, 0) is 31.7 Å². The van der Waals surface area contributed by atoms with Crippen molar-refractivity contribution < 1.29 is 9.53 Å². The number of fused-ring (bicyclic) bond motifs is 1. The fourth-order valence-corrected chi connectivity index (χ4v) is 3.49. The zero-order chi connectivity index (χ0) is 13.4. The topological polar surface area (TPSA) is 93.9 Å². The average molecular weight is 278 g/mol. The lowest BCUT2D eigenvalue weighted by atomic mass is 10.1. The summed E-state index contributed by atoms with van der Waals surface area (Å²) in [6.45, 7) is 2.06. The molecule has 7 heteroatoms. The Hall–Kier alpha value is -1.89. The molecule has 100 valence electrons. The molecule has 0 aromatic carbocycles. The van der Waals surface area contributed by atoms with E-state index in [1.165, 1.54) is 10.4 Å². The van der Waals surface area contributed by atoms with Crippen molar-refractivity contribution in [1.29, 1.82) is 0 Å². The Labute approximate surface area is 114 Å². The van der Waals surface area contributed by atoms with Crippen molar-refractivity contribution in [2.45, 2.75) is 26.2 Å². The Morgan fingerprint density at radius 2 is 2.37 bits per heavy atom. The molecule has 0 saturated carbocycles. The number of nitrogens with one attached hydrogen (secondary N) is 1. The van der Waals surface area contributed by atoms with Crippen LogP contribution in [0.3, 0.4) is 0 Å². The van der Waals surface area contributed by atoms with Crippen LogP contribution >= 0.6 is 11.3 Å². The molecule has 0 aliphatic heterocycles. The van der Waals surface area contributed by atoms with Gasteiger partial charge in [0.15, 0.2) is 5.82 Å². The second-order valence-corrected chi connectivity index (χ2v) is 5.46. The Morgan fingerprint density at radius 1 is 1.53 bits per heavy atom. The molecule has 0 bridgehead atoms. The molecule has 0 atom stereocenters. The van der Waals surface area contributed by atoms with E-state index in [9.17, 15) is 4.79 Å². The van der Waals surface area contributed by atoms with E-state index in [4.69, 9.17) is 10.5 Å². The SMILES string of the molecule is CCOC(=O)c1nc(-c2c(N)sc3c2CCC3)n[nH]1. The highest BCUT2D eigenvalue weighted by atomic mass is 32.1. The lowest BCUT2D eigenvalue weighted by molar-refractivity contribution is 0.0512. The summed E-state index contributed by atoms with van der Waals surface area (Å²) in [5.41, 5.74) is 8.15. The standard InChI is InChI=1S/C12H14N4O2S/c1-2-18-12(17)11-14-10(15-16-11)8-6-4-3-5-7(6)19-9(8)13/h2-5,13H2,1H3,(H,14,15,16). The molecule has 0 unspecified atom stereocenters. The van der Waals surface area contributed by atoms with Crippen LogP contribution in [0.15, 0.2) is 0 Å². The quantitative estimate of drug-likeness (QED) is 0.835. The minimum Gasteiger partial charge on any atom is -0.460 e. The number of ether oxygens (including phenoxy) is 1. The number of aromatic amines is 1. The molecule has 19 heavy (non-hydrogen) atoms. The van der Waals surface area contributed by atoms with Crippen LogP contribution in [0.1, 0.15) is 34.4 Å². The van der Waals surface area contributed by atoms with E-state index >= 15 is 0 Å². The zero-order valence-corrected chi connectivity index (χ0v) is 11.3. The number of aromatic nitrogens is 3. The van der Waals surface area contributed by atoms with Crippen molar-refractivity contribution in [2.75, 3.05) is 12.3 Å². The van der Waals surface area contributed by atoms with Crippen LogP contribution in [-0.4, -0.2) is 27.8 Å². The Kier molecular flexibility index (Phi) is 2.98. The van der Waals surface area contributed by atoms with E-state index in [2.05, 4.69) is 15.2 Å². The maximum Gasteiger partial charge on any atom is 0.375 e. The predicted octanol–water partition coefficient (Wildman–Crippen LogP) is 1.78. The van der Waals surface area contributed by atoms with Crippen LogP contribution in [-0.2, 0) is 17.6 Å². The van der Waals surface area contributed by atoms with E-state index in [1.54, 1.807) is 18.3 Å². The number of carbonyl (C=O) groups excluding carboxylic acids is 1. The normalized spacial score (nSPS) is 13.5. The smallest absolute Gasteiger partial charge is 0.375 e. The first-order valence-electron chi connectivity index (χ1n) is 6.20. The molecule has 2 aromatic heterocycles. The number of anilines is 1. The summed E-state index contributed by atoms with van der Waals surface area (Å²) >= 11 is 1.59. The first-order valence-corrected chi connectivity index (χ1v) is 7.02. The molecular weight excluding hydrogens is 264 g/mol. The van der Waals surface area contributed by atoms with Gasteiger partial charge >= 0.3 is 5.97 Å². The molecule has 0 spiro atoms. The van der Waals surface area contributed by atoms with Crippen LogP contribution in [0.5, 0.6) is 0 Å². The number of esters is 1. The first-order chi connectivity index (χ1) is 9.20. The van der Waals surface area contributed by atoms with Crippen LogP contribution in [0.2, 0.25) is 0 Å². The van der Waals surface area contributed by atoms with Crippen molar-refractivity contribution in [2.24, 2.45) is 0 Å². The van der Waals surface area contributed by atoms with Crippen molar-refractivity contribution >= 4 is 22.3 Å². The maximum atomic E-state index is 11.6. The van der Waals surface area contributed by atoms with Crippen molar-refractivity contribution in [1.82, 2.24) is 15.2 Å². The van der Waals surface area contributed by atoms with E-state index in [0.717, 1.165) is 29.8 Å². The number of H-pyrrole nitrogens is 1. The summed E-state index contributed by atoms with van der Waals surface area (Å²) in [6.07, 6.45) is 3.21. The molecule has 3 rings (SSSR count). The monoisotopic (exact) mass is 278 g/mol. The highest BCUT2D eigenvalue weighted by Crippen LogP contribution is 2.42. The van der Waals surface area contributed by atoms with Gasteiger partial charge in [-0.1, -0.05) is 0 Å². The van der Waals surface area contributed by atoms with Gasteiger partial charge in [0.2, 0.25) is 5.82 Å². The molecule has 1 aliphatic rings. The predicted molar refractivity (Wildman–Crippen MR) is 72.1 cm³/mol. The summed E-state index contributed by atoms with van der Waals surface area (Å²) in [7, 11) is 0. The number of hydrogen-bond acceptors (Lipinski definition) is 6. The summed E-state index contributed by atoms with van der Waals surface area (Å²) in [5.74, 6) is 0.112. The molecule has 2 heterocycles. The van der Waals surface area contributed by atoms with Crippen molar-refractivity contribution in [3.8, 4) is 11.4 Å². The fourth-order valence-electron chi connectivity index (χ4n) is 2.34. The van der Waals surface area contributed by atoms with Gasteiger partial charge in [-0.2, -0.15) is 5.10 Å². The third-order valence-electron chi connectivity index (χ3n) is 3.13. The lowest BCUT2D eigenvalue weighted by Crippen LogP contribution is -2.06. The molecule has 2 aromatic rings. The number of nitrogens with two attached hydrogens (primary N) is 1. The van der Waals surface area contributed by atoms with E-state index < -0.39 is 5.97 Å². The molecule has 0 radical (unpaired) electrons.